The molecular formula is C31H32N4O4. The minimum atomic E-state index is 0.211. The summed E-state index contributed by atoms with van der Waals surface area (Å²) in [6, 6.07) is 25.1. The summed E-state index contributed by atoms with van der Waals surface area (Å²) < 4.78 is 14.2. The molecule has 0 amide bonds. The SMILES string of the molecule is O=C=O.c1ccc(COc2cccc([C@]34CCN(Cc5nc6ccccc6n5C[C@@H]5CCO5)C[C@H]3C4)n2)cc1. The molecule has 0 radical (unpaired) electrons. The topological polar surface area (TPSA) is 86.6 Å². The molecule has 2 aromatic heterocycles. The summed E-state index contributed by atoms with van der Waals surface area (Å²) in [6.07, 6.45) is 4.06. The molecule has 1 aliphatic carbocycles. The number of piperidine rings is 1. The Morgan fingerprint density at radius 3 is 2.56 bits per heavy atom. The summed E-state index contributed by atoms with van der Waals surface area (Å²) in [5.74, 6) is 2.54. The molecule has 7 rings (SSSR count). The maximum absolute atomic E-state index is 8.12. The maximum atomic E-state index is 8.12. The lowest BCUT2D eigenvalue weighted by Crippen LogP contribution is -2.37. The van der Waals surface area contributed by atoms with Crippen LogP contribution in [0.25, 0.3) is 11.0 Å². The molecule has 2 saturated heterocycles. The van der Waals surface area contributed by atoms with Crippen LogP contribution >= 0.6 is 0 Å². The molecule has 8 nitrogen and oxygen atoms in total. The molecule has 3 atom stereocenters. The van der Waals surface area contributed by atoms with Crippen LogP contribution in [0.5, 0.6) is 5.88 Å². The Morgan fingerprint density at radius 1 is 1.00 bits per heavy atom. The first-order chi connectivity index (χ1) is 19.2. The van der Waals surface area contributed by atoms with Crippen molar-refractivity contribution in [2.75, 3.05) is 19.7 Å². The van der Waals surface area contributed by atoms with Crippen molar-refractivity contribution in [1.82, 2.24) is 19.4 Å². The number of imidazole rings is 1. The first kappa shape index (κ1) is 25.4. The number of fused-ring (bicyclic) bond motifs is 2. The van der Waals surface area contributed by atoms with Crippen molar-refractivity contribution in [1.29, 1.82) is 0 Å². The average molecular weight is 525 g/mol. The van der Waals surface area contributed by atoms with Gasteiger partial charge in [-0.05, 0) is 55.5 Å². The van der Waals surface area contributed by atoms with Crippen LogP contribution < -0.4 is 4.74 Å². The largest absolute Gasteiger partial charge is 0.473 e. The Bertz CT molecular complexity index is 1460. The third-order valence-corrected chi connectivity index (χ3v) is 8.33. The van der Waals surface area contributed by atoms with Crippen molar-refractivity contribution in [2.45, 2.75) is 50.5 Å². The third-order valence-electron chi connectivity index (χ3n) is 8.33. The van der Waals surface area contributed by atoms with Gasteiger partial charge < -0.3 is 14.0 Å². The van der Waals surface area contributed by atoms with Crippen LogP contribution in [-0.2, 0) is 39.4 Å². The van der Waals surface area contributed by atoms with Gasteiger partial charge in [-0.2, -0.15) is 9.59 Å². The predicted molar refractivity (Wildman–Crippen MR) is 144 cm³/mol. The van der Waals surface area contributed by atoms with Gasteiger partial charge in [0.2, 0.25) is 5.88 Å². The highest BCUT2D eigenvalue weighted by molar-refractivity contribution is 5.75. The second-order valence-electron chi connectivity index (χ2n) is 10.7. The van der Waals surface area contributed by atoms with E-state index in [1.807, 2.05) is 24.3 Å². The number of pyridine rings is 1. The van der Waals surface area contributed by atoms with Crippen LogP contribution in [0.15, 0.2) is 72.8 Å². The Hall–Kier alpha value is -3.84. The fourth-order valence-electron chi connectivity index (χ4n) is 6.06. The summed E-state index contributed by atoms with van der Waals surface area (Å²) in [5, 5.41) is 0. The molecule has 3 fully saturated rings. The first-order valence-electron chi connectivity index (χ1n) is 13.6. The second kappa shape index (κ2) is 11.1. The van der Waals surface area contributed by atoms with Gasteiger partial charge in [0, 0.05) is 24.6 Å². The van der Waals surface area contributed by atoms with Gasteiger partial charge in [0.1, 0.15) is 12.4 Å². The molecule has 39 heavy (non-hydrogen) atoms. The third kappa shape index (κ3) is 5.36. The highest BCUT2D eigenvalue weighted by atomic mass is 16.5. The highest BCUT2D eigenvalue weighted by Crippen LogP contribution is 2.58. The monoisotopic (exact) mass is 524 g/mol. The zero-order valence-corrected chi connectivity index (χ0v) is 21.9. The van der Waals surface area contributed by atoms with E-state index >= 15 is 0 Å². The van der Waals surface area contributed by atoms with Crippen LogP contribution in [0.1, 0.15) is 36.3 Å². The zero-order chi connectivity index (χ0) is 26.7. The van der Waals surface area contributed by atoms with Gasteiger partial charge in [0.25, 0.3) is 0 Å². The van der Waals surface area contributed by atoms with Gasteiger partial charge in [-0.3, -0.25) is 4.90 Å². The average Bonchev–Trinajstić information content (AvgIpc) is 3.58. The van der Waals surface area contributed by atoms with Gasteiger partial charge >= 0.3 is 6.15 Å². The molecule has 200 valence electrons. The van der Waals surface area contributed by atoms with Crippen molar-refractivity contribution < 1.29 is 19.1 Å². The van der Waals surface area contributed by atoms with Crippen LogP contribution in [0.4, 0.5) is 0 Å². The molecule has 4 aromatic rings. The number of para-hydroxylation sites is 2. The van der Waals surface area contributed by atoms with Crippen LogP contribution in [0.2, 0.25) is 0 Å². The second-order valence-corrected chi connectivity index (χ2v) is 10.7. The van der Waals surface area contributed by atoms with Crippen LogP contribution in [0.3, 0.4) is 0 Å². The number of benzene rings is 2. The van der Waals surface area contributed by atoms with Crippen molar-refractivity contribution in [3.05, 3.63) is 89.9 Å². The molecule has 4 heterocycles. The van der Waals surface area contributed by atoms with Gasteiger partial charge in [-0.15, -0.1) is 0 Å². The predicted octanol–water partition coefficient (Wildman–Crippen LogP) is 4.38. The number of aromatic nitrogens is 3. The van der Waals surface area contributed by atoms with E-state index in [2.05, 4.69) is 58.0 Å². The molecule has 0 spiro atoms. The lowest BCUT2D eigenvalue weighted by Gasteiger charge is -2.32. The summed E-state index contributed by atoms with van der Waals surface area (Å²) in [4.78, 5) is 28.8. The number of nitrogens with zero attached hydrogens (tertiary/aromatic N) is 4. The lowest BCUT2D eigenvalue weighted by molar-refractivity contribution is -0.191. The Kier molecular flexibility index (Phi) is 7.24. The maximum Gasteiger partial charge on any atom is 0.373 e. The van der Waals surface area contributed by atoms with E-state index < -0.39 is 0 Å². The van der Waals surface area contributed by atoms with Crippen molar-refractivity contribution in [3.8, 4) is 5.88 Å². The van der Waals surface area contributed by atoms with E-state index in [1.165, 1.54) is 17.6 Å². The van der Waals surface area contributed by atoms with Crippen molar-refractivity contribution in [3.63, 3.8) is 0 Å². The molecular weight excluding hydrogens is 492 g/mol. The van der Waals surface area contributed by atoms with Crippen molar-refractivity contribution in [2.24, 2.45) is 5.92 Å². The summed E-state index contributed by atoms with van der Waals surface area (Å²) >= 11 is 0. The van der Waals surface area contributed by atoms with Gasteiger partial charge in [0.15, 0.2) is 0 Å². The molecule has 0 unspecified atom stereocenters. The minimum absolute atomic E-state index is 0.211. The molecule has 2 aromatic carbocycles. The fraction of sp³-hybridized carbons (Fsp3) is 0.387. The smallest absolute Gasteiger partial charge is 0.373 e. The standard InChI is InChI=1S/C30H32N4O2.CO2/c1-2-7-22(8-3-1)21-36-29-12-6-11-27(32-29)30-14-15-33(18-23(30)17-30)20-28-31-25-9-4-5-10-26(25)34(28)19-24-13-16-35-24;2-1-3/h1-12,23-24H,13-21H2;/t23-,24+,30+;/m1./s1. The lowest BCUT2D eigenvalue weighted by atomic mass is 9.91. The normalized spacial score (nSPS) is 23.6. The number of hydrogen-bond donors (Lipinski definition) is 0. The van der Waals surface area contributed by atoms with E-state index in [4.69, 9.17) is 29.0 Å². The summed E-state index contributed by atoms with van der Waals surface area (Å²) in [5.41, 5.74) is 4.88. The number of carbonyl (C=O) groups excluding carboxylic acids is 2. The zero-order valence-electron chi connectivity index (χ0n) is 21.9. The summed E-state index contributed by atoms with van der Waals surface area (Å²) in [6.45, 7) is 5.39. The highest BCUT2D eigenvalue weighted by Gasteiger charge is 2.58. The molecule has 0 N–H and O–H groups in total. The summed E-state index contributed by atoms with van der Waals surface area (Å²) in [7, 11) is 0. The van der Waals surface area contributed by atoms with Crippen LogP contribution in [-0.4, -0.2) is 51.4 Å². The first-order valence-corrected chi connectivity index (χ1v) is 13.6. The Balaban J connectivity index is 0.000000883. The number of likely N-dealkylation sites (tertiary alicyclic amines) is 1. The molecule has 0 bridgehead atoms. The van der Waals surface area contributed by atoms with E-state index in [1.54, 1.807) is 0 Å². The molecule has 1 saturated carbocycles. The number of hydrogen-bond acceptors (Lipinski definition) is 7. The van der Waals surface area contributed by atoms with E-state index in [0.717, 1.165) is 68.4 Å². The number of rotatable bonds is 8. The van der Waals surface area contributed by atoms with E-state index in [-0.39, 0.29) is 11.6 Å². The van der Waals surface area contributed by atoms with Crippen LogP contribution in [0, 0.1) is 5.92 Å². The van der Waals surface area contributed by atoms with E-state index in [9.17, 15) is 0 Å². The van der Waals surface area contributed by atoms with E-state index in [0.29, 0.717) is 18.6 Å². The van der Waals surface area contributed by atoms with Gasteiger partial charge in [0.05, 0.1) is 35.9 Å². The molecule has 3 aliphatic rings. The Labute approximate surface area is 227 Å². The minimum Gasteiger partial charge on any atom is -0.473 e. The van der Waals surface area contributed by atoms with Crippen molar-refractivity contribution >= 4 is 17.2 Å². The van der Waals surface area contributed by atoms with Gasteiger partial charge in [-0.1, -0.05) is 48.5 Å². The molecule has 2 aliphatic heterocycles. The van der Waals surface area contributed by atoms with Gasteiger partial charge in [-0.25, -0.2) is 9.97 Å². The fourth-order valence-corrected chi connectivity index (χ4v) is 6.06. The Morgan fingerprint density at radius 2 is 1.79 bits per heavy atom. The number of ether oxygens (including phenoxy) is 2. The molecule has 8 heteroatoms. The quantitative estimate of drug-likeness (QED) is 0.338.